The van der Waals surface area contributed by atoms with Gasteiger partial charge in [0.15, 0.2) is 5.75 Å². The number of fused-ring (bicyclic) bond motifs is 12. The van der Waals surface area contributed by atoms with Crippen LogP contribution in [0, 0.1) is 0 Å². The maximum atomic E-state index is 7.36. The maximum Gasteiger partial charge on any atom is 0.159 e. The van der Waals surface area contributed by atoms with Crippen molar-refractivity contribution in [3.05, 3.63) is 223 Å². The van der Waals surface area contributed by atoms with E-state index >= 15 is 0 Å². The van der Waals surface area contributed by atoms with Crippen molar-refractivity contribution in [2.75, 3.05) is 4.90 Å². The van der Waals surface area contributed by atoms with Crippen LogP contribution in [0.4, 0.5) is 17.1 Å². The second-order valence-corrected chi connectivity index (χ2v) is 17.6. The fourth-order valence-electron chi connectivity index (χ4n) is 10.5. The molecule has 0 unspecified atom stereocenters. The second-order valence-electron chi connectivity index (χ2n) is 17.6. The highest BCUT2D eigenvalue weighted by Gasteiger charge is 2.36. The Labute approximate surface area is 372 Å². The number of rotatable bonds is 5. The summed E-state index contributed by atoms with van der Waals surface area (Å²) in [6.45, 7) is 4.69. The van der Waals surface area contributed by atoms with Crippen molar-refractivity contribution >= 4 is 49.8 Å². The van der Waals surface area contributed by atoms with Crippen molar-refractivity contribution in [3.63, 3.8) is 0 Å². The summed E-state index contributed by atoms with van der Waals surface area (Å²) in [5.41, 5.74) is 18.8. The van der Waals surface area contributed by atoms with Gasteiger partial charge in [-0.15, -0.1) is 0 Å². The molecule has 13 rings (SSSR count). The third-order valence-electron chi connectivity index (χ3n) is 13.7. The molecule has 0 amide bonds. The molecule has 1 aliphatic carbocycles. The van der Waals surface area contributed by atoms with Crippen molar-refractivity contribution in [2.24, 2.45) is 0 Å². The highest BCUT2D eigenvalue weighted by molar-refractivity contribution is 6.10. The van der Waals surface area contributed by atoms with Gasteiger partial charge in [-0.25, -0.2) is 0 Å². The molecule has 2 heterocycles. The van der Waals surface area contributed by atoms with Crippen LogP contribution in [0.15, 0.2) is 217 Å². The Morgan fingerprint density at radius 2 is 1.03 bits per heavy atom. The van der Waals surface area contributed by atoms with Gasteiger partial charge in [0, 0.05) is 44.3 Å². The first-order valence-electron chi connectivity index (χ1n) is 22.1. The first-order chi connectivity index (χ1) is 31.5. The summed E-state index contributed by atoms with van der Waals surface area (Å²) in [6.07, 6.45) is 0. The van der Waals surface area contributed by atoms with E-state index in [0.717, 1.165) is 89.4 Å². The van der Waals surface area contributed by atoms with Crippen molar-refractivity contribution in [1.82, 2.24) is 0 Å². The quantitative estimate of drug-likeness (QED) is 0.173. The van der Waals surface area contributed by atoms with E-state index in [1.54, 1.807) is 0 Å². The summed E-state index contributed by atoms with van der Waals surface area (Å²) < 4.78 is 13.9. The van der Waals surface area contributed by atoms with Crippen LogP contribution in [0.1, 0.15) is 25.0 Å². The predicted octanol–water partition coefficient (Wildman–Crippen LogP) is 17.3. The molecule has 3 heteroatoms. The van der Waals surface area contributed by atoms with Gasteiger partial charge in [0.2, 0.25) is 0 Å². The summed E-state index contributed by atoms with van der Waals surface area (Å²) >= 11 is 0. The molecule has 3 nitrogen and oxygen atoms in total. The minimum absolute atomic E-state index is 0.178. The Hall–Kier alpha value is -8.14. The van der Waals surface area contributed by atoms with E-state index in [0.29, 0.717) is 0 Å². The minimum atomic E-state index is -0.178. The topological polar surface area (TPSA) is 25.6 Å². The highest BCUT2D eigenvalue weighted by Crippen LogP contribution is 2.56. The van der Waals surface area contributed by atoms with Gasteiger partial charge in [-0.2, -0.15) is 0 Å². The smallest absolute Gasteiger partial charge is 0.159 e. The first kappa shape index (κ1) is 36.5. The molecule has 0 spiro atoms. The lowest BCUT2D eigenvalue weighted by atomic mass is 9.82. The number of furan rings is 1. The number of anilines is 3. The van der Waals surface area contributed by atoms with Crippen LogP contribution in [-0.2, 0) is 5.41 Å². The van der Waals surface area contributed by atoms with Gasteiger partial charge in [-0.05, 0) is 122 Å². The zero-order valence-corrected chi connectivity index (χ0v) is 35.5. The van der Waals surface area contributed by atoms with Crippen LogP contribution >= 0.6 is 0 Å². The lowest BCUT2D eigenvalue weighted by Gasteiger charge is -2.30. The van der Waals surface area contributed by atoms with E-state index < -0.39 is 0 Å². The van der Waals surface area contributed by atoms with Gasteiger partial charge in [0.1, 0.15) is 16.9 Å². The Morgan fingerprint density at radius 3 is 1.88 bits per heavy atom. The average Bonchev–Trinajstić information content (AvgIpc) is 3.79. The molecule has 10 aromatic carbocycles. The Bertz CT molecular complexity index is 3670. The molecular weight excluding hydrogens is 779 g/mol. The van der Waals surface area contributed by atoms with Crippen LogP contribution in [0.3, 0.4) is 0 Å². The fourth-order valence-corrected chi connectivity index (χ4v) is 10.5. The number of hydrogen-bond acceptors (Lipinski definition) is 3. The van der Waals surface area contributed by atoms with Crippen molar-refractivity contribution in [2.45, 2.75) is 19.3 Å². The van der Waals surface area contributed by atoms with Crippen molar-refractivity contribution in [1.29, 1.82) is 0 Å². The van der Waals surface area contributed by atoms with E-state index in [9.17, 15) is 0 Å². The SMILES string of the molecule is CC1(C)c2ccccc2-c2ccc(N(c3ccc(-c4cccc5c4oc4ccccc45)cc3)c3cccc4c3Oc3ccc(-c5ccccc5)cc3-c3cc5ccccc5cc3-4)cc21. The van der Waals surface area contributed by atoms with Gasteiger partial charge in [0.25, 0.3) is 0 Å². The van der Waals surface area contributed by atoms with Crippen LogP contribution in [0.5, 0.6) is 11.5 Å². The van der Waals surface area contributed by atoms with Crippen LogP contribution in [0.2, 0.25) is 0 Å². The van der Waals surface area contributed by atoms with Gasteiger partial charge >= 0.3 is 0 Å². The van der Waals surface area contributed by atoms with Crippen LogP contribution in [-0.4, -0.2) is 0 Å². The molecule has 0 saturated heterocycles. The molecule has 64 heavy (non-hydrogen) atoms. The molecule has 0 saturated carbocycles. The summed E-state index contributed by atoms with van der Waals surface area (Å²) in [5, 5.41) is 4.63. The molecule has 1 aliphatic heterocycles. The monoisotopic (exact) mass is 819 g/mol. The van der Waals surface area contributed by atoms with Gasteiger partial charge < -0.3 is 14.1 Å². The minimum Gasteiger partial charge on any atom is -0.455 e. The fraction of sp³-hybridized carbons (Fsp3) is 0.0492. The average molecular weight is 820 g/mol. The lowest BCUT2D eigenvalue weighted by molar-refractivity contribution is 0.489. The van der Waals surface area contributed by atoms with Crippen LogP contribution < -0.4 is 9.64 Å². The highest BCUT2D eigenvalue weighted by atomic mass is 16.5. The van der Waals surface area contributed by atoms with E-state index in [4.69, 9.17) is 9.15 Å². The third-order valence-corrected chi connectivity index (χ3v) is 13.7. The van der Waals surface area contributed by atoms with E-state index in [1.807, 2.05) is 12.1 Å². The largest absolute Gasteiger partial charge is 0.455 e. The molecule has 11 aromatic rings. The van der Waals surface area contributed by atoms with E-state index in [-0.39, 0.29) is 5.41 Å². The Balaban J connectivity index is 1.03. The molecule has 2 aliphatic rings. The van der Waals surface area contributed by atoms with Gasteiger partial charge in [0.05, 0.1) is 5.69 Å². The Kier molecular flexibility index (Phi) is 7.95. The normalized spacial score (nSPS) is 13.1. The number of ether oxygens (including phenoxy) is 1. The van der Waals surface area contributed by atoms with E-state index in [2.05, 4.69) is 219 Å². The number of nitrogens with zero attached hydrogens (tertiary/aromatic N) is 1. The molecule has 1 aromatic heterocycles. The summed E-state index contributed by atoms with van der Waals surface area (Å²) in [4.78, 5) is 2.38. The molecule has 0 fully saturated rings. The molecule has 0 N–H and O–H groups in total. The standard InChI is InChI=1S/C61H41NO2/c1-61(2)54-23-10-8-18-46(54)47-32-31-44(37-55(47)61)62(43-29-26-39(27-30-43)45-20-12-21-49-48-19-9-11-25-57(48)63-59(45)49)56-24-13-22-50-51-34-40-16-6-7-17-41(40)35-52(51)53-36-42(38-14-4-3-5-15-38)28-33-58(53)64-60(50)56/h3-37H,1-2H3. The summed E-state index contributed by atoms with van der Waals surface area (Å²) in [6, 6.07) is 76.6. The molecule has 0 bridgehead atoms. The number of benzene rings is 10. The summed E-state index contributed by atoms with van der Waals surface area (Å²) in [5.74, 6) is 1.63. The Morgan fingerprint density at radius 1 is 0.391 bits per heavy atom. The molecular formula is C61H41NO2. The molecule has 302 valence electrons. The number of para-hydroxylation sites is 3. The zero-order valence-electron chi connectivity index (χ0n) is 35.5. The van der Waals surface area contributed by atoms with Gasteiger partial charge in [-0.3, -0.25) is 0 Å². The predicted molar refractivity (Wildman–Crippen MR) is 265 cm³/mol. The molecule has 0 radical (unpaired) electrons. The van der Waals surface area contributed by atoms with Crippen LogP contribution in [0.25, 0.3) is 88.3 Å². The lowest BCUT2D eigenvalue weighted by Crippen LogP contribution is -2.17. The number of hydrogen-bond donors (Lipinski definition) is 0. The first-order valence-corrected chi connectivity index (χ1v) is 22.1. The zero-order chi connectivity index (χ0) is 42.5. The maximum absolute atomic E-state index is 7.36. The summed E-state index contributed by atoms with van der Waals surface area (Å²) in [7, 11) is 0. The van der Waals surface area contributed by atoms with E-state index in [1.165, 1.54) is 38.6 Å². The third kappa shape index (κ3) is 5.54. The van der Waals surface area contributed by atoms with Crippen molar-refractivity contribution in [3.8, 4) is 67.1 Å². The van der Waals surface area contributed by atoms with Crippen molar-refractivity contribution < 1.29 is 9.15 Å². The van der Waals surface area contributed by atoms with Gasteiger partial charge in [-0.1, -0.05) is 166 Å². The second kappa shape index (κ2) is 13.9. The molecule has 0 atom stereocenters.